The highest BCUT2D eigenvalue weighted by molar-refractivity contribution is 9.10. The zero-order chi connectivity index (χ0) is 20.7. The van der Waals surface area contributed by atoms with Crippen LogP contribution in [0.1, 0.15) is 10.4 Å². The van der Waals surface area contributed by atoms with Gasteiger partial charge < -0.3 is 9.66 Å². The highest BCUT2D eigenvalue weighted by Gasteiger charge is 2.14. The van der Waals surface area contributed by atoms with Crippen LogP contribution in [0, 0.1) is 0 Å². The van der Waals surface area contributed by atoms with Crippen LogP contribution in [0.15, 0.2) is 95.3 Å². The Kier molecular flexibility index (Phi) is 9.26. The minimum absolute atomic E-state index is 0.0149. The van der Waals surface area contributed by atoms with Gasteiger partial charge in [-0.25, -0.2) is 9.00 Å². The lowest BCUT2D eigenvalue weighted by Gasteiger charge is -2.08. The van der Waals surface area contributed by atoms with Gasteiger partial charge in [0.25, 0.3) is 0 Å². The van der Waals surface area contributed by atoms with Gasteiger partial charge in [-0.1, -0.05) is 36.0 Å². The third-order valence-corrected chi connectivity index (χ3v) is 7.62. The van der Waals surface area contributed by atoms with Crippen molar-refractivity contribution in [1.29, 1.82) is 0 Å². The maximum Gasteiger partial charge on any atom is 0.335 e. The number of hydrogen-bond acceptors (Lipinski definition) is 4. The molecule has 146 valence electrons. The number of hydrogen-bond donors (Lipinski definition) is 3. The molecule has 0 heterocycles. The van der Waals surface area contributed by atoms with Crippen LogP contribution in [0.2, 0.25) is 0 Å². The fraction of sp³-hybridized carbons (Fsp3) is 0. The summed E-state index contributed by atoms with van der Waals surface area (Å²) in [6, 6.07) is 19.4. The topological polar surface area (TPSA) is 74.6 Å². The third kappa shape index (κ3) is 6.75. The van der Waals surface area contributed by atoms with E-state index >= 15 is 0 Å². The lowest BCUT2D eigenvalue weighted by molar-refractivity contribution is 0.0696. The molecule has 0 aliphatic heterocycles. The number of rotatable bonds is 4. The molecule has 4 nitrogen and oxygen atoms in total. The van der Waals surface area contributed by atoms with Crippen LogP contribution in [0.5, 0.6) is 0 Å². The van der Waals surface area contributed by atoms with Gasteiger partial charge in [-0.15, -0.1) is 12.6 Å². The van der Waals surface area contributed by atoms with Crippen molar-refractivity contribution < 1.29 is 18.7 Å². The molecule has 0 saturated heterocycles. The van der Waals surface area contributed by atoms with E-state index in [2.05, 4.69) is 44.5 Å². The summed E-state index contributed by atoms with van der Waals surface area (Å²) in [5, 5.41) is 8.92. The molecule has 28 heavy (non-hydrogen) atoms. The maximum absolute atomic E-state index is 11.4. The lowest BCUT2D eigenvalue weighted by atomic mass is 10.2. The van der Waals surface area contributed by atoms with Crippen molar-refractivity contribution in [2.75, 3.05) is 0 Å². The molecule has 3 rings (SSSR count). The maximum atomic E-state index is 11.4. The van der Waals surface area contributed by atoms with E-state index in [1.165, 1.54) is 30.0 Å². The molecule has 0 saturated carbocycles. The van der Waals surface area contributed by atoms with Crippen molar-refractivity contribution in [3.8, 4) is 0 Å². The van der Waals surface area contributed by atoms with Crippen LogP contribution < -0.4 is 0 Å². The minimum Gasteiger partial charge on any atom is -0.478 e. The van der Waals surface area contributed by atoms with E-state index in [1.807, 2.05) is 48.5 Å². The first kappa shape index (κ1) is 23.2. The Morgan fingerprint density at radius 3 is 2.04 bits per heavy atom. The van der Waals surface area contributed by atoms with Crippen molar-refractivity contribution in [3.05, 3.63) is 81.2 Å². The molecule has 0 bridgehead atoms. The molecule has 3 aromatic carbocycles. The second kappa shape index (κ2) is 11.2. The number of thiol groups is 1. The van der Waals surface area contributed by atoms with Crippen molar-refractivity contribution in [2.45, 2.75) is 19.6 Å². The van der Waals surface area contributed by atoms with Crippen molar-refractivity contribution in [2.24, 2.45) is 0 Å². The van der Waals surface area contributed by atoms with E-state index in [-0.39, 0.29) is 10.5 Å². The smallest absolute Gasteiger partial charge is 0.335 e. The van der Waals surface area contributed by atoms with Crippen LogP contribution >= 0.6 is 56.3 Å². The van der Waals surface area contributed by atoms with Crippen LogP contribution in [0.25, 0.3) is 0 Å². The van der Waals surface area contributed by atoms with Crippen LogP contribution in [-0.2, 0) is 11.1 Å². The van der Waals surface area contributed by atoms with Gasteiger partial charge in [0.15, 0.2) is 11.1 Å². The standard InChI is InChI=1S/C13H9BrO4S2.C6H5BrS/c14-9-3-1-2-4-10(9)19-11-6-5-8(13(15)16)7-12(11)20(17)18;7-5-3-1-2-4-6(5)8/h1-7H,(H,15,16)(H,17,18);1-4,8H. The summed E-state index contributed by atoms with van der Waals surface area (Å²) >= 11 is 9.92. The first-order valence-corrected chi connectivity index (χ1v) is 11.6. The summed E-state index contributed by atoms with van der Waals surface area (Å²) in [5.74, 6) is -1.13. The minimum atomic E-state index is -2.25. The molecule has 2 N–H and O–H groups in total. The van der Waals surface area contributed by atoms with Gasteiger partial charge in [0, 0.05) is 23.6 Å². The first-order valence-electron chi connectivity index (χ1n) is 7.63. The van der Waals surface area contributed by atoms with Crippen LogP contribution in [0.4, 0.5) is 0 Å². The monoisotopic (exact) mass is 560 g/mol. The summed E-state index contributed by atoms with van der Waals surface area (Å²) in [6.07, 6.45) is 0. The zero-order valence-electron chi connectivity index (χ0n) is 14.1. The second-order valence-electron chi connectivity index (χ2n) is 5.20. The number of benzene rings is 3. The van der Waals surface area contributed by atoms with Gasteiger partial charge in [0.05, 0.1) is 10.5 Å². The van der Waals surface area contributed by atoms with Crippen LogP contribution in [-0.4, -0.2) is 19.8 Å². The molecule has 1 unspecified atom stereocenters. The summed E-state index contributed by atoms with van der Waals surface area (Å²) in [7, 11) is 0. The van der Waals surface area contributed by atoms with Gasteiger partial charge in [-0.2, -0.15) is 0 Å². The van der Waals surface area contributed by atoms with Gasteiger partial charge >= 0.3 is 5.97 Å². The van der Waals surface area contributed by atoms with Crippen molar-refractivity contribution >= 4 is 73.3 Å². The fourth-order valence-electron chi connectivity index (χ4n) is 1.96. The number of carbonyl (C=O) groups is 1. The molecule has 0 amide bonds. The molecule has 0 aliphatic carbocycles. The molecule has 1 atom stereocenters. The quantitative estimate of drug-likeness (QED) is 0.246. The second-order valence-corrected chi connectivity index (χ2v) is 9.41. The number of aromatic carboxylic acids is 1. The Hall–Kier alpha value is -1.10. The van der Waals surface area contributed by atoms with Gasteiger partial charge in [0.1, 0.15) is 0 Å². The summed E-state index contributed by atoms with van der Waals surface area (Å²) in [4.78, 5) is 13.4. The van der Waals surface area contributed by atoms with Gasteiger partial charge in [-0.3, -0.25) is 0 Å². The summed E-state index contributed by atoms with van der Waals surface area (Å²) in [6.45, 7) is 0. The molecule has 0 aliphatic rings. The largest absolute Gasteiger partial charge is 0.478 e. The van der Waals surface area contributed by atoms with Crippen molar-refractivity contribution in [3.63, 3.8) is 0 Å². The highest BCUT2D eigenvalue weighted by atomic mass is 79.9. The molecule has 0 fully saturated rings. The van der Waals surface area contributed by atoms with E-state index in [1.54, 1.807) is 0 Å². The molecular formula is C19H14Br2O4S3. The Balaban J connectivity index is 0.000000292. The third-order valence-electron chi connectivity index (χ3n) is 3.29. The number of carboxylic acids is 1. The Morgan fingerprint density at radius 1 is 0.929 bits per heavy atom. The average Bonchev–Trinajstić information content (AvgIpc) is 2.66. The summed E-state index contributed by atoms with van der Waals surface area (Å²) < 4.78 is 22.6. The molecule has 3 aromatic rings. The Morgan fingerprint density at radius 2 is 1.54 bits per heavy atom. The zero-order valence-corrected chi connectivity index (χ0v) is 19.8. The van der Waals surface area contributed by atoms with Crippen LogP contribution in [0.3, 0.4) is 0 Å². The predicted molar refractivity (Wildman–Crippen MR) is 122 cm³/mol. The first-order chi connectivity index (χ1) is 13.3. The number of carboxylic acid groups (broad SMARTS) is 1. The number of halogens is 2. The highest BCUT2D eigenvalue weighted by Crippen LogP contribution is 2.36. The molecule has 0 aromatic heterocycles. The van der Waals surface area contributed by atoms with E-state index < -0.39 is 17.0 Å². The van der Waals surface area contributed by atoms with Gasteiger partial charge in [-0.05, 0) is 74.3 Å². The van der Waals surface area contributed by atoms with E-state index in [4.69, 9.17) is 5.11 Å². The van der Waals surface area contributed by atoms with E-state index in [0.717, 1.165) is 18.7 Å². The summed E-state index contributed by atoms with van der Waals surface area (Å²) in [5.41, 5.74) is -0.0149. The normalized spacial score (nSPS) is 11.3. The Labute approximate surface area is 191 Å². The van der Waals surface area contributed by atoms with Gasteiger partial charge in [0.2, 0.25) is 0 Å². The molecule has 9 heteroatoms. The molecule has 0 radical (unpaired) electrons. The van der Waals surface area contributed by atoms with E-state index in [0.29, 0.717) is 4.90 Å². The Bertz CT molecular complexity index is 991. The average molecular weight is 562 g/mol. The lowest BCUT2D eigenvalue weighted by Crippen LogP contribution is -2.00. The molecule has 0 spiro atoms. The SMILES string of the molecule is O=C(O)c1ccc(Sc2ccccc2Br)c(S(=O)O)c1.Sc1ccccc1Br. The fourth-order valence-corrected chi connectivity index (χ4v) is 4.58. The van der Waals surface area contributed by atoms with Crippen molar-refractivity contribution in [1.82, 2.24) is 0 Å². The molecular weight excluding hydrogens is 548 g/mol. The van der Waals surface area contributed by atoms with E-state index in [9.17, 15) is 13.6 Å². The predicted octanol–water partition coefficient (Wildman–Crippen LogP) is 6.62.